The van der Waals surface area contributed by atoms with Crippen LogP contribution in [0.4, 0.5) is 0 Å². The first-order chi connectivity index (χ1) is 9.88. The maximum atomic E-state index is 4.97. The summed E-state index contributed by atoms with van der Waals surface area (Å²) in [6.07, 6.45) is 0. The molecule has 1 fully saturated rings. The molecule has 0 spiro atoms. The zero-order valence-electron chi connectivity index (χ0n) is 11.5. The monoisotopic (exact) mass is 322 g/mol. The molecule has 5 heteroatoms. The SMILES string of the molecule is CNCc1sc(C2CSCCS2)nc1-c1ccccc1. The van der Waals surface area contributed by atoms with Gasteiger partial charge in [0.15, 0.2) is 0 Å². The fourth-order valence-electron chi connectivity index (χ4n) is 2.24. The van der Waals surface area contributed by atoms with Crippen molar-refractivity contribution < 1.29 is 0 Å². The smallest absolute Gasteiger partial charge is 0.107 e. The van der Waals surface area contributed by atoms with E-state index in [1.165, 1.54) is 32.7 Å². The lowest BCUT2D eigenvalue weighted by Gasteiger charge is -2.18. The van der Waals surface area contributed by atoms with Gasteiger partial charge in [-0.15, -0.1) is 23.1 Å². The van der Waals surface area contributed by atoms with Gasteiger partial charge in [-0.05, 0) is 7.05 Å². The molecule has 0 saturated carbocycles. The van der Waals surface area contributed by atoms with Crippen LogP contribution in [-0.4, -0.2) is 29.3 Å². The van der Waals surface area contributed by atoms with Crippen LogP contribution >= 0.6 is 34.9 Å². The van der Waals surface area contributed by atoms with Crippen LogP contribution in [0, 0.1) is 0 Å². The molecule has 0 amide bonds. The molecule has 106 valence electrons. The highest BCUT2D eigenvalue weighted by atomic mass is 32.2. The Kier molecular flexibility index (Phi) is 5.04. The van der Waals surface area contributed by atoms with E-state index in [0.717, 1.165) is 12.2 Å². The molecule has 2 nitrogen and oxygen atoms in total. The molecule has 1 atom stereocenters. The van der Waals surface area contributed by atoms with Crippen molar-refractivity contribution in [3.8, 4) is 11.3 Å². The second kappa shape index (κ2) is 6.98. The van der Waals surface area contributed by atoms with Crippen molar-refractivity contribution in [3.63, 3.8) is 0 Å². The lowest BCUT2D eigenvalue weighted by molar-refractivity contribution is 0.830. The first-order valence-corrected chi connectivity index (χ1v) is 9.79. The van der Waals surface area contributed by atoms with Crippen molar-refractivity contribution in [1.29, 1.82) is 0 Å². The first kappa shape index (κ1) is 14.4. The van der Waals surface area contributed by atoms with E-state index in [4.69, 9.17) is 4.98 Å². The van der Waals surface area contributed by atoms with Gasteiger partial charge in [0.2, 0.25) is 0 Å². The summed E-state index contributed by atoms with van der Waals surface area (Å²) in [7, 11) is 2.00. The number of rotatable bonds is 4. The third-order valence-corrected chi connectivity index (χ3v) is 7.27. The largest absolute Gasteiger partial charge is 0.315 e. The molecule has 2 heterocycles. The molecule has 3 rings (SSSR count). The minimum Gasteiger partial charge on any atom is -0.315 e. The van der Waals surface area contributed by atoms with E-state index in [9.17, 15) is 0 Å². The van der Waals surface area contributed by atoms with Gasteiger partial charge in [0, 0.05) is 34.2 Å². The lowest BCUT2D eigenvalue weighted by Crippen LogP contribution is -2.06. The summed E-state index contributed by atoms with van der Waals surface area (Å²) in [4.78, 5) is 6.32. The summed E-state index contributed by atoms with van der Waals surface area (Å²) < 4.78 is 0. The molecular weight excluding hydrogens is 304 g/mol. The predicted molar refractivity (Wildman–Crippen MR) is 92.8 cm³/mol. The van der Waals surface area contributed by atoms with Crippen molar-refractivity contribution in [3.05, 3.63) is 40.2 Å². The Morgan fingerprint density at radius 1 is 1.25 bits per heavy atom. The molecule has 1 unspecified atom stereocenters. The number of thiazole rings is 1. The van der Waals surface area contributed by atoms with E-state index in [1.807, 2.05) is 18.4 Å². The molecule has 1 aromatic carbocycles. The molecule has 1 saturated heterocycles. The molecule has 0 bridgehead atoms. The van der Waals surface area contributed by atoms with Gasteiger partial charge in [0.05, 0.1) is 10.9 Å². The molecule has 1 N–H and O–H groups in total. The fourth-order valence-corrected chi connectivity index (χ4v) is 6.32. The standard InChI is InChI=1S/C15H18N2S3/c1-16-9-12-14(11-5-3-2-4-6-11)17-15(20-12)13-10-18-7-8-19-13/h2-6,13,16H,7-10H2,1H3. The molecule has 0 aliphatic carbocycles. The second-order valence-electron chi connectivity index (χ2n) is 4.65. The van der Waals surface area contributed by atoms with E-state index in [2.05, 4.69) is 59.2 Å². The van der Waals surface area contributed by atoms with Gasteiger partial charge in [0.1, 0.15) is 5.01 Å². The Morgan fingerprint density at radius 3 is 2.80 bits per heavy atom. The first-order valence-electron chi connectivity index (χ1n) is 6.77. The lowest BCUT2D eigenvalue weighted by atomic mass is 10.1. The number of benzene rings is 1. The number of hydrogen-bond donors (Lipinski definition) is 1. The zero-order valence-corrected chi connectivity index (χ0v) is 13.9. The van der Waals surface area contributed by atoms with E-state index in [0.29, 0.717) is 5.25 Å². The summed E-state index contributed by atoms with van der Waals surface area (Å²) in [6, 6.07) is 10.5. The van der Waals surface area contributed by atoms with Crippen LogP contribution < -0.4 is 5.32 Å². The Hall–Kier alpha value is -0.490. The van der Waals surface area contributed by atoms with Gasteiger partial charge >= 0.3 is 0 Å². The molecule has 20 heavy (non-hydrogen) atoms. The Bertz CT molecular complexity index is 548. The molecule has 1 aliphatic rings. The maximum Gasteiger partial charge on any atom is 0.107 e. The summed E-state index contributed by atoms with van der Waals surface area (Å²) in [5, 5.41) is 5.14. The van der Waals surface area contributed by atoms with Gasteiger partial charge in [-0.3, -0.25) is 0 Å². The van der Waals surface area contributed by atoms with E-state index >= 15 is 0 Å². The van der Waals surface area contributed by atoms with Gasteiger partial charge in [-0.2, -0.15) is 11.8 Å². The van der Waals surface area contributed by atoms with Crippen LogP contribution in [0.2, 0.25) is 0 Å². The average Bonchev–Trinajstić information content (AvgIpc) is 2.94. The third kappa shape index (κ3) is 3.22. The van der Waals surface area contributed by atoms with Crippen LogP contribution in [0.1, 0.15) is 15.1 Å². The van der Waals surface area contributed by atoms with Crippen molar-refractivity contribution in [1.82, 2.24) is 10.3 Å². The van der Waals surface area contributed by atoms with Crippen molar-refractivity contribution in [2.75, 3.05) is 24.3 Å². The number of hydrogen-bond acceptors (Lipinski definition) is 5. The van der Waals surface area contributed by atoms with Crippen LogP contribution in [0.25, 0.3) is 11.3 Å². The number of thioether (sulfide) groups is 2. The predicted octanol–water partition coefficient (Wildman–Crippen LogP) is 4.05. The van der Waals surface area contributed by atoms with Crippen molar-refractivity contribution in [2.24, 2.45) is 0 Å². The summed E-state index contributed by atoms with van der Waals surface area (Å²) in [5.74, 6) is 3.73. The number of nitrogens with one attached hydrogen (secondary N) is 1. The topological polar surface area (TPSA) is 24.9 Å². The normalized spacial score (nSPS) is 19.1. The highest BCUT2D eigenvalue weighted by Crippen LogP contribution is 2.41. The van der Waals surface area contributed by atoms with Crippen LogP contribution in [-0.2, 0) is 6.54 Å². The van der Waals surface area contributed by atoms with E-state index < -0.39 is 0 Å². The van der Waals surface area contributed by atoms with Gasteiger partial charge < -0.3 is 5.32 Å². The Balaban J connectivity index is 1.93. The highest BCUT2D eigenvalue weighted by molar-refractivity contribution is 8.06. The average molecular weight is 323 g/mol. The minimum atomic E-state index is 0.576. The summed E-state index contributed by atoms with van der Waals surface area (Å²) >= 11 is 5.99. The van der Waals surface area contributed by atoms with Crippen LogP contribution in [0.15, 0.2) is 30.3 Å². The minimum absolute atomic E-state index is 0.576. The zero-order chi connectivity index (χ0) is 13.8. The van der Waals surface area contributed by atoms with Gasteiger partial charge in [0.25, 0.3) is 0 Å². The Morgan fingerprint density at radius 2 is 2.10 bits per heavy atom. The molecule has 2 aromatic rings. The quantitative estimate of drug-likeness (QED) is 0.918. The number of nitrogens with zero attached hydrogens (tertiary/aromatic N) is 1. The van der Waals surface area contributed by atoms with E-state index in [1.54, 1.807) is 0 Å². The maximum absolute atomic E-state index is 4.97. The van der Waals surface area contributed by atoms with E-state index in [-0.39, 0.29) is 0 Å². The van der Waals surface area contributed by atoms with Crippen molar-refractivity contribution in [2.45, 2.75) is 11.8 Å². The highest BCUT2D eigenvalue weighted by Gasteiger charge is 2.22. The molecular formula is C15H18N2S3. The molecule has 1 aliphatic heterocycles. The fraction of sp³-hybridized carbons (Fsp3) is 0.400. The Labute approximate surface area is 132 Å². The number of aromatic nitrogens is 1. The van der Waals surface area contributed by atoms with Gasteiger partial charge in [-0.25, -0.2) is 4.98 Å². The molecule has 0 radical (unpaired) electrons. The van der Waals surface area contributed by atoms with Crippen LogP contribution in [0.5, 0.6) is 0 Å². The summed E-state index contributed by atoms with van der Waals surface area (Å²) in [6.45, 7) is 0.895. The molecule has 1 aromatic heterocycles. The van der Waals surface area contributed by atoms with Crippen LogP contribution in [0.3, 0.4) is 0 Å². The third-order valence-electron chi connectivity index (χ3n) is 3.19. The second-order valence-corrected chi connectivity index (χ2v) is 8.23. The van der Waals surface area contributed by atoms with Gasteiger partial charge in [-0.1, -0.05) is 30.3 Å². The van der Waals surface area contributed by atoms with Crippen molar-refractivity contribution >= 4 is 34.9 Å². The summed E-state index contributed by atoms with van der Waals surface area (Å²) in [5.41, 5.74) is 2.39.